The number of ether oxygens (including phenoxy) is 1. The molecule has 3 atom stereocenters. The maximum Gasteiger partial charge on any atom is 0.408 e. The molecule has 3 unspecified atom stereocenters. The Balaban J connectivity index is 2.24. The molecule has 11 heteroatoms. The van der Waals surface area contributed by atoms with Crippen LogP contribution in [0.4, 0.5) is 4.79 Å². The number of guanidine groups is 1. The SMILES string of the molecule is CC(C)(C)OC(=O)NC(C(=O)NC(Cc1ccccc1)C(=O)NC(C=O)CCCN=C(N)N)c1ccccc1. The van der Waals surface area contributed by atoms with E-state index in [1.807, 2.05) is 30.3 Å². The van der Waals surface area contributed by atoms with Gasteiger partial charge in [0.2, 0.25) is 11.8 Å². The second-order valence-electron chi connectivity index (χ2n) is 9.94. The highest BCUT2D eigenvalue weighted by molar-refractivity contribution is 5.93. The van der Waals surface area contributed by atoms with Crippen LogP contribution in [0.25, 0.3) is 0 Å². The van der Waals surface area contributed by atoms with Crippen LogP contribution in [0.15, 0.2) is 65.7 Å². The average molecular weight is 539 g/mol. The van der Waals surface area contributed by atoms with Gasteiger partial charge in [0.25, 0.3) is 0 Å². The van der Waals surface area contributed by atoms with Crippen molar-refractivity contribution in [3.8, 4) is 0 Å². The molecule has 210 valence electrons. The molecule has 39 heavy (non-hydrogen) atoms. The Morgan fingerprint density at radius 2 is 1.54 bits per heavy atom. The van der Waals surface area contributed by atoms with Gasteiger partial charge in [-0.3, -0.25) is 14.6 Å². The third kappa shape index (κ3) is 11.7. The van der Waals surface area contributed by atoms with Crippen LogP contribution in [0.2, 0.25) is 0 Å². The summed E-state index contributed by atoms with van der Waals surface area (Å²) in [6.45, 7) is 5.45. The summed E-state index contributed by atoms with van der Waals surface area (Å²) in [5.41, 5.74) is 11.2. The van der Waals surface area contributed by atoms with Gasteiger partial charge in [0.15, 0.2) is 5.96 Å². The van der Waals surface area contributed by atoms with Crippen molar-refractivity contribution in [3.63, 3.8) is 0 Å². The van der Waals surface area contributed by atoms with Crippen LogP contribution in [-0.2, 0) is 25.5 Å². The molecular formula is C28H38N6O5. The molecule has 0 saturated carbocycles. The summed E-state index contributed by atoms with van der Waals surface area (Å²) in [6.07, 6.45) is 0.785. The lowest BCUT2D eigenvalue weighted by molar-refractivity contribution is -0.131. The molecule has 0 radical (unpaired) electrons. The molecule has 2 aromatic rings. The van der Waals surface area contributed by atoms with E-state index in [0.29, 0.717) is 31.2 Å². The molecule has 0 heterocycles. The van der Waals surface area contributed by atoms with Crippen LogP contribution in [-0.4, -0.2) is 54.4 Å². The fourth-order valence-electron chi connectivity index (χ4n) is 3.66. The Bertz CT molecular complexity index is 1110. The Morgan fingerprint density at radius 1 is 0.923 bits per heavy atom. The molecule has 3 amide bonds. The third-order valence-corrected chi connectivity index (χ3v) is 5.43. The molecule has 0 bridgehead atoms. The molecule has 0 aliphatic rings. The number of benzene rings is 2. The van der Waals surface area contributed by atoms with Crippen LogP contribution < -0.4 is 27.4 Å². The molecule has 2 aromatic carbocycles. The highest BCUT2D eigenvalue weighted by Gasteiger charge is 2.30. The van der Waals surface area contributed by atoms with Crippen molar-refractivity contribution in [2.75, 3.05) is 6.54 Å². The van der Waals surface area contributed by atoms with E-state index < -0.39 is 41.6 Å². The molecule has 0 fully saturated rings. The standard InChI is InChI=1S/C28H38N6O5/c1-28(2,3)39-27(38)34-23(20-13-8-5-9-14-20)25(37)33-22(17-19-11-6-4-7-12-19)24(36)32-21(18-35)15-10-16-31-26(29)30/h4-9,11-14,18,21-23H,10,15-17H2,1-3H3,(H,32,36)(H,33,37)(H,34,38)(H4,29,30,31). The Morgan fingerprint density at radius 3 is 2.10 bits per heavy atom. The Hall–Kier alpha value is -4.41. The Labute approximate surface area is 228 Å². The summed E-state index contributed by atoms with van der Waals surface area (Å²) in [5.74, 6) is -1.21. The first-order chi connectivity index (χ1) is 18.5. The van der Waals surface area contributed by atoms with Gasteiger partial charge in [0.05, 0.1) is 6.04 Å². The predicted octanol–water partition coefficient (Wildman–Crippen LogP) is 1.72. The minimum absolute atomic E-state index is 0.0553. The van der Waals surface area contributed by atoms with Crippen molar-refractivity contribution < 1.29 is 23.9 Å². The predicted molar refractivity (Wildman–Crippen MR) is 149 cm³/mol. The Kier molecular flexibility index (Phi) is 11.9. The number of nitrogens with one attached hydrogen (secondary N) is 3. The normalized spacial score (nSPS) is 13.2. The number of aldehydes is 1. The fraction of sp³-hybridized carbons (Fsp3) is 0.393. The topological polar surface area (TPSA) is 178 Å². The number of carbonyl (C=O) groups is 4. The van der Waals surface area contributed by atoms with Gasteiger partial charge < -0.3 is 36.9 Å². The molecule has 0 aromatic heterocycles. The van der Waals surface area contributed by atoms with E-state index in [-0.39, 0.29) is 12.4 Å². The maximum absolute atomic E-state index is 13.5. The lowest BCUT2D eigenvalue weighted by Gasteiger charge is -2.26. The van der Waals surface area contributed by atoms with Crippen molar-refractivity contribution in [2.24, 2.45) is 16.5 Å². The molecule has 7 N–H and O–H groups in total. The van der Waals surface area contributed by atoms with Gasteiger partial charge in [-0.1, -0.05) is 60.7 Å². The number of alkyl carbamates (subject to hydrolysis) is 1. The number of hydrogen-bond acceptors (Lipinski definition) is 6. The first-order valence-corrected chi connectivity index (χ1v) is 12.7. The van der Waals surface area contributed by atoms with Crippen LogP contribution >= 0.6 is 0 Å². The zero-order valence-electron chi connectivity index (χ0n) is 22.6. The summed E-state index contributed by atoms with van der Waals surface area (Å²) in [6, 6.07) is 14.8. The van der Waals surface area contributed by atoms with Crippen LogP contribution in [0, 0.1) is 0 Å². The summed E-state index contributed by atoms with van der Waals surface area (Å²) in [5, 5.41) is 8.04. The van der Waals surface area contributed by atoms with E-state index in [9.17, 15) is 19.2 Å². The summed E-state index contributed by atoms with van der Waals surface area (Å²) in [7, 11) is 0. The molecule has 2 rings (SSSR count). The summed E-state index contributed by atoms with van der Waals surface area (Å²) in [4.78, 5) is 54.9. The first-order valence-electron chi connectivity index (χ1n) is 12.7. The third-order valence-electron chi connectivity index (χ3n) is 5.43. The zero-order chi connectivity index (χ0) is 28.8. The highest BCUT2D eigenvalue weighted by Crippen LogP contribution is 2.16. The quantitative estimate of drug-likeness (QED) is 0.111. The molecule has 11 nitrogen and oxygen atoms in total. The summed E-state index contributed by atoms with van der Waals surface area (Å²) >= 11 is 0. The first kappa shape index (κ1) is 30.8. The van der Waals surface area contributed by atoms with E-state index in [0.717, 1.165) is 5.56 Å². The smallest absolute Gasteiger partial charge is 0.408 e. The van der Waals surface area contributed by atoms with Gasteiger partial charge in [-0.25, -0.2) is 4.79 Å². The lowest BCUT2D eigenvalue weighted by Crippen LogP contribution is -2.53. The van der Waals surface area contributed by atoms with Crippen molar-refractivity contribution in [1.29, 1.82) is 0 Å². The molecular weight excluding hydrogens is 500 g/mol. The van der Waals surface area contributed by atoms with Crippen LogP contribution in [0.5, 0.6) is 0 Å². The van der Waals surface area contributed by atoms with Crippen LogP contribution in [0.1, 0.15) is 50.8 Å². The van der Waals surface area contributed by atoms with Crippen molar-refractivity contribution in [2.45, 2.75) is 63.8 Å². The van der Waals surface area contributed by atoms with E-state index in [1.165, 1.54) is 0 Å². The van der Waals surface area contributed by atoms with Crippen molar-refractivity contribution in [1.82, 2.24) is 16.0 Å². The maximum atomic E-state index is 13.5. The van der Waals surface area contributed by atoms with E-state index >= 15 is 0 Å². The number of nitrogens with zero attached hydrogens (tertiary/aromatic N) is 1. The van der Waals surface area contributed by atoms with Gasteiger partial charge in [-0.15, -0.1) is 0 Å². The van der Waals surface area contributed by atoms with Gasteiger partial charge in [-0.05, 0) is 44.7 Å². The average Bonchev–Trinajstić information content (AvgIpc) is 2.88. The highest BCUT2D eigenvalue weighted by atomic mass is 16.6. The van der Waals surface area contributed by atoms with Gasteiger partial charge in [0.1, 0.15) is 24.0 Å². The van der Waals surface area contributed by atoms with E-state index in [4.69, 9.17) is 16.2 Å². The lowest BCUT2D eigenvalue weighted by atomic mass is 10.0. The van der Waals surface area contributed by atoms with Crippen molar-refractivity contribution in [3.05, 3.63) is 71.8 Å². The van der Waals surface area contributed by atoms with E-state index in [1.54, 1.807) is 51.1 Å². The number of aliphatic imine (C=N–C) groups is 1. The second kappa shape index (κ2) is 15.1. The monoisotopic (exact) mass is 538 g/mol. The van der Waals surface area contributed by atoms with Crippen LogP contribution in [0.3, 0.4) is 0 Å². The largest absolute Gasteiger partial charge is 0.444 e. The van der Waals surface area contributed by atoms with Gasteiger partial charge in [-0.2, -0.15) is 0 Å². The minimum Gasteiger partial charge on any atom is -0.444 e. The fourth-order valence-corrected chi connectivity index (χ4v) is 3.66. The van der Waals surface area contributed by atoms with Gasteiger partial charge >= 0.3 is 6.09 Å². The summed E-state index contributed by atoms with van der Waals surface area (Å²) < 4.78 is 5.34. The van der Waals surface area contributed by atoms with Gasteiger partial charge in [0, 0.05) is 13.0 Å². The molecule has 0 saturated heterocycles. The molecule has 0 aliphatic heterocycles. The number of amides is 3. The number of carbonyl (C=O) groups excluding carboxylic acids is 4. The van der Waals surface area contributed by atoms with E-state index in [2.05, 4.69) is 20.9 Å². The number of rotatable bonds is 13. The zero-order valence-corrected chi connectivity index (χ0v) is 22.6. The molecule has 0 aliphatic carbocycles. The molecule has 0 spiro atoms. The number of nitrogens with two attached hydrogens (primary N) is 2. The van der Waals surface area contributed by atoms with Crippen molar-refractivity contribution >= 4 is 30.2 Å². The second-order valence-corrected chi connectivity index (χ2v) is 9.94. The number of hydrogen-bond donors (Lipinski definition) is 5. The minimum atomic E-state index is -1.13.